The minimum Gasteiger partial charge on any atom is -0.385 e. The summed E-state index contributed by atoms with van der Waals surface area (Å²) in [5.74, 6) is 1.43. The Hall–Kier alpha value is -1.43. The van der Waals surface area contributed by atoms with Gasteiger partial charge in [0.15, 0.2) is 5.82 Å². The van der Waals surface area contributed by atoms with Crippen LogP contribution in [0.1, 0.15) is 26.2 Å². The van der Waals surface area contributed by atoms with E-state index in [0.717, 1.165) is 44.8 Å². The highest BCUT2D eigenvalue weighted by atomic mass is 16.5. The first kappa shape index (κ1) is 14.6. The molecule has 102 valence electrons. The van der Waals surface area contributed by atoms with E-state index in [4.69, 9.17) is 4.74 Å². The predicted molar refractivity (Wildman–Crippen MR) is 73.0 cm³/mol. The van der Waals surface area contributed by atoms with Crippen molar-refractivity contribution in [2.24, 2.45) is 0 Å². The number of hydrogen-bond acceptors (Lipinski definition) is 6. The molecule has 1 N–H and O–H groups in total. The molecular formula is C12H23N5O. The SMILES string of the molecule is CCCCN(C)c1nncc(NCCCOC)n1. The Morgan fingerprint density at radius 2 is 2.22 bits per heavy atom. The number of nitrogens with zero attached hydrogens (tertiary/aromatic N) is 4. The third-order valence-corrected chi connectivity index (χ3v) is 2.57. The van der Waals surface area contributed by atoms with Gasteiger partial charge in [0.1, 0.15) is 0 Å². The van der Waals surface area contributed by atoms with E-state index < -0.39 is 0 Å². The second-order valence-corrected chi connectivity index (χ2v) is 4.19. The lowest BCUT2D eigenvalue weighted by Crippen LogP contribution is -2.22. The average molecular weight is 253 g/mol. The number of rotatable bonds is 9. The zero-order valence-corrected chi connectivity index (χ0v) is 11.5. The lowest BCUT2D eigenvalue weighted by Gasteiger charge is -2.16. The molecule has 0 unspecified atom stereocenters. The maximum Gasteiger partial charge on any atom is 0.247 e. The molecule has 0 spiro atoms. The largest absolute Gasteiger partial charge is 0.385 e. The van der Waals surface area contributed by atoms with Crippen LogP contribution in [0.3, 0.4) is 0 Å². The van der Waals surface area contributed by atoms with Gasteiger partial charge in [-0.2, -0.15) is 10.1 Å². The molecule has 1 heterocycles. The Morgan fingerprint density at radius 1 is 1.39 bits per heavy atom. The van der Waals surface area contributed by atoms with E-state index >= 15 is 0 Å². The van der Waals surface area contributed by atoms with Gasteiger partial charge >= 0.3 is 0 Å². The molecule has 0 saturated carbocycles. The summed E-state index contributed by atoms with van der Waals surface area (Å²) in [4.78, 5) is 6.45. The first-order valence-electron chi connectivity index (χ1n) is 6.41. The normalized spacial score (nSPS) is 10.4. The first-order chi connectivity index (χ1) is 8.77. The topological polar surface area (TPSA) is 63.2 Å². The molecule has 0 saturated heterocycles. The fraction of sp³-hybridized carbons (Fsp3) is 0.750. The van der Waals surface area contributed by atoms with E-state index in [1.54, 1.807) is 13.3 Å². The molecule has 0 aliphatic heterocycles. The third-order valence-electron chi connectivity index (χ3n) is 2.57. The molecule has 18 heavy (non-hydrogen) atoms. The number of nitrogens with one attached hydrogen (secondary N) is 1. The molecule has 6 nitrogen and oxygen atoms in total. The molecule has 0 aliphatic carbocycles. The maximum absolute atomic E-state index is 4.99. The molecule has 0 fully saturated rings. The minimum absolute atomic E-state index is 0.667. The summed E-state index contributed by atoms with van der Waals surface area (Å²) in [6, 6.07) is 0. The molecule has 0 aromatic carbocycles. The van der Waals surface area contributed by atoms with E-state index in [9.17, 15) is 0 Å². The molecule has 1 aromatic heterocycles. The maximum atomic E-state index is 4.99. The van der Waals surface area contributed by atoms with Crippen molar-refractivity contribution in [3.8, 4) is 0 Å². The second kappa shape index (κ2) is 8.63. The van der Waals surface area contributed by atoms with Crippen LogP contribution in [0.15, 0.2) is 6.20 Å². The highest BCUT2D eigenvalue weighted by molar-refractivity contribution is 5.38. The van der Waals surface area contributed by atoms with Crippen LogP contribution in [-0.4, -0.2) is 49.0 Å². The highest BCUT2D eigenvalue weighted by Gasteiger charge is 2.05. The third kappa shape index (κ3) is 5.27. The van der Waals surface area contributed by atoms with Crippen LogP contribution in [0.25, 0.3) is 0 Å². The van der Waals surface area contributed by atoms with Crippen molar-refractivity contribution < 1.29 is 4.74 Å². The summed E-state index contributed by atoms with van der Waals surface area (Å²) >= 11 is 0. The smallest absolute Gasteiger partial charge is 0.247 e. The molecule has 0 aliphatic rings. The number of aromatic nitrogens is 3. The van der Waals surface area contributed by atoms with Gasteiger partial charge < -0.3 is 15.0 Å². The Bertz CT molecular complexity index is 334. The van der Waals surface area contributed by atoms with Gasteiger partial charge in [0.2, 0.25) is 5.95 Å². The van der Waals surface area contributed by atoms with Crippen molar-refractivity contribution in [2.75, 3.05) is 44.1 Å². The van der Waals surface area contributed by atoms with Crippen LogP contribution in [0, 0.1) is 0 Å². The molecule has 0 atom stereocenters. The Morgan fingerprint density at radius 3 is 2.94 bits per heavy atom. The number of ether oxygens (including phenoxy) is 1. The fourth-order valence-electron chi connectivity index (χ4n) is 1.47. The van der Waals surface area contributed by atoms with Crippen molar-refractivity contribution in [1.29, 1.82) is 0 Å². The second-order valence-electron chi connectivity index (χ2n) is 4.19. The number of anilines is 2. The summed E-state index contributed by atoms with van der Waals surface area (Å²) in [5, 5.41) is 11.2. The molecular weight excluding hydrogens is 230 g/mol. The van der Waals surface area contributed by atoms with Crippen molar-refractivity contribution in [2.45, 2.75) is 26.2 Å². The molecule has 0 radical (unpaired) electrons. The average Bonchev–Trinajstić information content (AvgIpc) is 2.41. The van der Waals surface area contributed by atoms with Crippen molar-refractivity contribution in [3.63, 3.8) is 0 Å². The highest BCUT2D eigenvalue weighted by Crippen LogP contribution is 2.08. The van der Waals surface area contributed by atoms with E-state index in [1.807, 2.05) is 11.9 Å². The molecule has 1 rings (SSSR count). The lowest BCUT2D eigenvalue weighted by molar-refractivity contribution is 0.197. The Balaban J connectivity index is 2.45. The van der Waals surface area contributed by atoms with Crippen LogP contribution >= 0.6 is 0 Å². The fourth-order valence-corrected chi connectivity index (χ4v) is 1.47. The monoisotopic (exact) mass is 253 g/mol. The van der Waals surface area contributed by atoms with Crippen molar-refractivity contribution in [1.82, 2.24) is 15.2 Å². The van der Waals surface area contributed by atoms with E-state index in [0.29, 0.717) is 5.95 Å². The van der Waals surface area contributed by atoms with Gasteiger partial charge in [0, 0.05) is 33.9 Å². The van der Waals surface area contributed by atoms with Crippen molar-refractivity contribution in [3.05, 3.63) is 6.20 Å². The van der Waals surface area contributed by atoms with E-state index in [2.05, 4.69) is 27.4 Å². The van der Waals surface area contributed by atoms with E-state index in [1.165, 1.54) is 0 Å². The van der Waals surface area contributed by atoms with Crippen LogP contribution in [0.5, 0.6) is 0 Å². The molecule has 0 bridgehead atoms. The summed E-state index contributed by atoms with van der Waals surface area (Å²) in [7, 11) is 3.69. The minimum atomic E-state index is 0.667. The molecule has 6 heteroatoms. The van der Waals surface area contributed by atoms with Gasteiger partial charge in [-0.05, 0) is 12.8 Å². The lowest BCUT2D eigenvalue weighted by atomic mass is 10.3. The zero-order chi connectivity index (χ0) is 13.2. The Labute approximate surface area is 109 Å². The van der Waals surface area contributed by atoms with Gasteiger partial charge in [-0.1, -0.05) is 13.3 Å². The van der Waals surface area contributed by atoms with Gasteiger partial charge in [0.25, 0.3) is 0 Å². The Kier molecular flexibility index (Phi) is 7.01. The standard InChI is InChI=1S/C12H23N5O/c1-4-5-8-17(2)12-15-11(10-14-16-12)13-7-6-9-18-3/h10H,4-9H2,1-3H3,(H,13,15,16). The van der Waals surface area contributed by atoms with Crippen LogP contribution in [-0.2, 0) is 4.74 Å². The summed E-state index contributed by atoms with van der Waals surface area (Å²) in [6.45, 7) is 4.69. The van der Waals surface area contributed by atoms with Crippen molar-refractivity contribution >= 4 is 11.8 Å². The van der Waals surface area contributed by atoms with Gasteiger partial charge in [-0.3, -0.25) is 0 Å². The van der Waals surface area contributed by atoms with Gasteiger partial charge in [-0.25, -0.2) is 0 Å². The molecule has 0 amide bonds. The first-order valence-corrected chi connectivity index (χ1v) is 6.41. The summed E-state index contributed by atoms with van der Waals surface area (Å²) in [6.07, 6.45) is 4.88. The van der Waals surface area contributed by atoms with Crippen LogP contribution in [0.4, 0.5) is 11.8 Å². The van der Waals surface area contributed by atoms with Gasteiger partial charge in [-0.15, -0.1) is 5.10 Å². The number of methoxy groups -OCH3 is 1. The van der Waals surface area contributed by atoms with E-state index in [-0.39, 0.29) is 0 Å². The quantitative estimate of drug-likeness (QED) is 0.674. The summed E-state index contributed by atoms with van der Waals surface area (Å²) < 4.78 is 4.99. The number of hydrogen-bond donors (Lipinski definition) is 1. The predicted octanol–water partition coefficient (Wildman–Crippen LogP) is 1.56. The zero-order valence-electron chi connectivity index (χ0n) is 11.5. The number of unbranched alkanes of at least 4 members (excludes halogenated alkanes) is 1. The van der Waals surface area contributed by atoms with Crippen LogP contribution < -0.4 is 10.2 Å². The molecule has 1 aromatic rings. The van der Waals surface area contributed by atoms with Crippen LogP contribution in [0.2, 0.25) is 0 Å². The summed E-state index contributed by atoms with van der Waals surface area (Å²) in [5.41, 5.74) is 0. The van der Waals surface area contributed by atoms with Gasteiger partial charge in [0.05, 0.1) is 6.20 Å².